The van der Waals surface area contributed by atoms with E-state index in [1.54, 1.807) is 60.7 Å². The van der Waals surface area contributed by atoms with Gasteiger partial charge >= 0.3 is 0 Å². The summed E-state index contributed by atoms with van der Waals surface area (Å²) in [4.78, 5) is 0. The van der Waals surface area contributed by atoms with Gasteiger partial charge in [-0.1, -0.05) is 306 Å². The van der Waals surface area contributed by atoms with Crippen LogP contribution < -0.4 is 23.7 Å². The van der Waals surface area contributed by atoms with Crippen LogP contribution in [0.3, 0.4) is 0 Å². The van der Waals surface area contributed by atoms with Crippen molar-refractivity contribution in [2.45, 2.75) is 413 Å². The van der Waals surface area contributed by atoms with E-state index in [9.17, 15) is 0 Å². The smallest absolute Gasteiger partial charge is 0.197 e. The molecule has 0 amide bonds. The first kappa shape index (κ1) is 129. The monoisotopic (exact) mass is 1970 g/mol. The molecule has 10 aromatic rings. The summed E-state index contributed by atoms with van der Waals surface area (Å²) in [7, 11) is 0. The van der Waals surface area contributed by atoms with Crippen molar-refractivity contribution in [3.63, 3.8) is 0 Å². The Labute approximate surface area is 869 Å². The third-order valence-electron chi connectivity index (χ3n) is 26.3. The fourth-order valence-corrected chi connectivity index (χ4v) is 14.5. The molecule has 1 aliphatic carbocycles. The van der Waals surface area contributed by atoms with Crippen molar-refractivity contribution in [2.24, 2.45) is 5.92 Å². The first-order valence-electron chi connectivity index (χ1n) is 54.2. The lowest BCUT2D eigenvalue weighted by molar-refractivity contribution is -0.116. The number of rotatable bonds is 43. The van der Waals surface area contributed by atoms with Crippen molar-refractivity contribution in [2.75, 3.05) is 26.6 Å². The van der Waals surface area contributed by atoms with Gasteiger partial charge in [0, 0.05) is 6.61 Å². The van der Waals surface area contributed by atoms with Crippen LogP contribution in [-0.2, 0) is 23.7 Å². The zero-order valence-electron chi connectivity index (χ0n) is 94.1. The number of phenolic OH excluding ortho intramolecular Hbond substituents is 5. The van der Waals surface area contributed by atoms with Gasteiger partial charge < -0.3 is 72.9 Å². The van der Waals surface area contributed by atoms with Crippen LogP contribution in [0.15, 0.2) is 243 Å². The van der Waals surface area contributed by atoms with Crippen LogP contribution >= 0.6 is 0 Å². The maximum atomic E-state index is 9.01. The molecule has 10 aromatic carbocycles. The topological polar surface area (TPSA) is 193 Å². The molecule has 0 aliphatic heterocycles. The average Bonchev–Trinajstić information content (AvgIpc) is 0.974. The Morgan fingerprint density at radius 3 is 0.685 bits per heavy atom. The summed E-state index contributed by atoms with van der Waals surface area (Å²) >= 11 is 0. The van der Waals surface area contributed by atoms with E-state index in [0.29, 0.717) is 113 Å². The van der Waals surface area contributed by atoms with Gasteiger partial charge in [-0.25, -0.2) is 0 Å². The lowest BCUT2D eigenvalue weighted by Gasteiger charge is -2.26. The second-order valence-corrected chi connectivity index (χ2v) is 38.9. The molecule has 0 spiro atoms. The van der Waals surface area contributed by atoms with Crippen molar-refractivity contribution < 1.29 is 72.9 Å². The summed E-state index contributed by atoms with van der Waals surface area (Å²) in [5.41, 5.74) is 13.3. The van der Waals surface area contributed by atoms with Gasteiger partial charge in [-0.3, -0.25) is 0 Å². The van der Waals surface area contributed by atoms with Gasteiger partial charge in [0.1, 0.15) is 57.5 Å². The second kappa shape index (κ2) is 76.6. The van der Waals surface area contributed by atoms with E-state index in [1.807, 2.05) is 158 Å². The minimum Gasteiger partial charge on any atom is -0.508 e. The molecule has 0 bridgehead atoms. The van der Waals surface area contributed by atoms with Crippen molar-refractivity contribution >= 4 is 0 Å². The summed E-state index contributed by atoms with van der Waals surface area (Å²) in [6.45, 7) is 66.7. The van der Waals surface area contributed by atoms with Gasteiger partial charge in [-0.2, -0.15) is 0 Å². The van der Waals surface area contributed by atoms with Crippen LogP contribution in [0.2, 0.25) is 0 Å². The predicted octanol–water partition coefficient (Wildman–Crippen LogP) is 37.1. The first-order valence-corrected chi connectivity index (χ1v) is 54.2. The molecular weight excluding hydrogens is 1780 g/mol. The molecule has 0 heterocycles. The van der Waals surface area contributed by atoms with E-state index in [0.717, 1.165) is 106 Å². The summed E-state index contributed by atoms with van der Waals surface area (Å²) < 4.78 is 56.1. The van der Waals surface area contributed by atoms with E-state index in [1.165, 1.54) is 101 Å². The maximum absolute atomic E-state index is 9.01. The van der Waals surface area contributed by atoms with Gasteiger partial charge in [0.15, 0.2) is 32.0 Å². The molecule has 14 unspecified atom stereocenters. The van der Waals surface area contributed by atoms with Gasteiger partial charge in [0.25, 0.3) is 0 Å². The quantitative estimate of drug-likeness (QED) is 0.0179. The summed E-state index contributed by atoms with van der Waals surface area (Å²) in [5.74, 6) is 12.7. The van der Waals surface area contributed by atoms with Crippen molar-refractivity contribution in [1.82, 2.24) is 0 Å². The van der Waals surface area contributed by atoms with Crippen LogP contribution in [0.25, 0.3) is 0 Å². The highest BCUT2D eigenvalue weighted by Crippen LogP contribution is 2.32. The number of hydrogen-bond acceptors (Lipinski definition) is 15. The lowest BCUT2D eigenvalue weighted by atomic mass is 9.98. The Bertz CT molecular complexity index is 4350. The Hall–Kier alpha value is -10.0. The van der Waals surface area contributed by atoms with Crippen molar-refractivity contribution in [3.05, 3.63) is 298 Å². The number of phenols is 5. The molecule has 15 heteroatoms. The highest BCUT2D eigenvalue weighted by Gasteiger charge is 2.19. The van der Waals surface area contributed by atoms with Crippen LogP contribution in [0.5, 0.6) is 57.5 Å². The average molecular weight is 1970 g/mol. The molecule has 1 fully saturated rings. The predicted molar refractivity (Wildman–Crippen MR) is 603 cm³/mol. The normalized spacial score (nSPS) is 14.4. The van der Waals surface area contributed by atoms with E-state index in [2.05, 4.69) is 232 Å². The Morgan fingerprint density at radius 2 is 0.469 bits per heavy atom. The van der Waals surface area contributed by atoms with Crippen molar-refractivity contribution in [1.29, 1.82) is 0 Å². The zero-order valence-corrected chi connectivity index (χ0v) is 94.1. The number of aromatic hydroxyl groups is 5. The van der Waals surface area contributed by atoms with Gasteiger partial charge in [-0.05, 0) is 374 Å². The fourth-order valence-electron chi connectivity index (χ4n) is 14.5. The number of unbranched alkanes of at least 4 members (excludes halogenated alkanes) is 1. The lowest BCUT2D eigenvalue weighted by Crippen LogP contribution is -2.26. The number of hydrogen-bond donors (Lipinski definition) is 5. The molecule has 14 atom stereocenters. The summed E-state index contributed by atoms with van der Waals surface area (Å²) in [6, 6.07) is 78.8. The molecule has 0 radical (unpaired) electrons. The second-order valence-electron chi connectivity index (χ2n) is 38.9. The van der Waals surface area contributed by atoms with Gasteiger partial charge in [0.05, 0.1) is 25.4 Å². The number of ether oxygens (including phenoxy) is 10. The molecule has 0 aromatic heterocycles. The first-order chi connectivity index (χ1) is 68.4. The molecule has 11 rings (SSSR count). The van der Waals surface area contributed by atoms with E-state index in [-0.39, 0.29) is 31.3 Å². The Morgan fingerprint density at radius 1 is 0.252 bits per heavy atom. The van der Waals surface area contributed by atoms with Crippen LogP contribution in [0.4, 0.5) is 0 Å². The number of benzene rings is 10. The van der Waals surface area contributed by atoms with Crippen LogP contribution in [-0.4, -0.2) is 89.5 Å². The molecular formula is C128H194O15. The SMILES string of the molecule is CCC(C)c1ccc(O)cc1.CCC(C)c1ccc(O)cc1.CCC(C)c1ccc(O)cc1.CCC(C)c1ccc(O)cc1.CCC(C)c1ccc(O)cc1.CCC(C)c1ccc(OC(C)OC(C)C)cc1.CCC(C)c1ccc(OC(C)OC2CCCCC2)cc1.CCC(C)c1ccc(OC(C)OCC(C)C)cc1.CCCCOCOc1ccc(C(C)CC)cc1.CCOC(C)Oc1ccc(C(C)CC)cc1. The molecule has 5 N–H and O–H groups in total. The maximum Gasteiger partial charge on any atom is 0.197 e. The molecule has 1 saturated carbocycles. The molecule has 0 saturated heterocycles. The largest absolute Gasteiger partial charge is 0.508 e. The Kier molecular flexibility index (Phi) is 69.1. The van der Waals surface area contributed by atoms with Gasteiger partial charge in [0.2, 0.25) is 0 Å². The van der Waals surface area contributed by atoms with Crippen molar-refractivity contribution in [3.8, 4) is 57.5 Å². The molecule has 796 valence electrons. The minimum atomic E-state index is -0.204. The van der Waals surface area contributed by atoms with E-state index < -0.39 is 0 Å². The molecule has 1 aliphatic rings. The zero-order chi connectivity index (χ0) is 107. The summed E-state index contributed by atoms with van der Waals surface area (Å²) in [6.07, 6.45) is 19.9. The third-order valence-corrected chi connectivity index (χ3v) is 26.3. The van der Waals surface area contributed by atoms with Gasteiger partial charge in [-0.15, -0.1) is 0 Å². The van der Waals surface area contributed by atoms with Crippen LogP contribution in [0, 0.1) is 5.92 Å². The third kappa shape index (κ3) is 57.5. The fraction of sp³-hybridized carbons (Fsp3) is 0.531. The van der Waals surface area contributed by atoms with E-state index >= 15 is 0 Å². The highest BCUT2D eigenvalue weighted by atomic mass is 16.7. The van der Waals surface area contributed by atoms with Crippen LogP contribution in [0.1, 0.15) is 432 Å². The molecule has 15 nitrogen and oxygen atoms in total. The minimum absolute atomic E-state index is 0.160. The standard InChI is InChI=1S/C18H28O2.C16H26O2.2C15H24O2.C14H22O2.5C10H14O/c1-4-14(2)16-10-12-18(13-11-16)20-15(3)19-17-8-6-5-7-9-17;1-6-13(4)15-7-9-16(10-8-15)18-14(5)17-11-12(2)3;1-6-12(4)14-7-9-15(10-8-14)17-13(5)16-11(2)3;1-4-6-11-16-12-17-15-9-7-14(8-10-15)13(3)5-2;1-5-11(3)13-7-9-14(10-8-13)16-12(4)15-6-2;5*1-3-8(2)9-4-6-10(11)7-5-9/h10-15,17H,4-9H2,1-3H3;7-10,12-14H,6,11H2,1-5H3;7-13H,6H2,1-5H3;7-10,13H,4-6,11-12H2,1-3H3;7-12H,5-6H2,1-4H3;5*4-8,11H,3H2,1-2H3. The highest BCUT2D eigenvalue weighted by molar-refractivity contribution is 5.36. The van der Waals surface area contributed by atoms with E-state index in [4.69, 9.17) is 72.9 Å². The Balaban J connectivity index is 0.000000541. The molecule has 143 heavy (non-hydrogen) atoms. The summed E-state index contributed by atoms with van der Waals surface area (Å²) in [5, 5.41) is 45.1.